The first-order chi connectivity index (χ1) is 9.49. The summed E-state index contributed by atoms with van der Waals surface area (Å²) in [4.78, 5) is 0. The number of ether oxygens (including phenoxy) is 1. The molecule has 20 heavy (non-hydrogen) atoms. The second kappa shape index (κ2) is 6.74. The molecule has 0 spiro atoms. The average Bonchev–Trinajstić information content (AvgIpc) is 2.37. The van der Waals surface area contributed by atoms with E-state index in [1.54, 1.807) is 7.11 Å². The van der Waals surface area contributed by atoms with Crippen LogP contribution in [-0.2, 0) is 6.42 Å². The number of aryl methyl sites for hydroxylation is 1. The average molecular weight is 399 g/mol. The van der Waals surface area contributed by atoms with Gasteiger partial charge in [0.1, 0.15) is 5.75 Å². The lowest BCUT2D eigenvalue weighted by Crippen LogP contribution is -2.14. The van der Waals surface area contributed by atoms with Gasteiger partial charge in [0, 0.05) is 15.0 Å². The number of hydrogen-bond acceptors (Lipinski definition) is 2. The Morgan fingerprint density at radius 3 is 2.50 bits per heavy atom. The maximum absolute atomic E-state index is 6.35. The number of nitrogens with two attached hydrogens (primary N) is 1. The molecule has 0 aromatic heterocycles. The summed E-state index contributed by atoms with van der Waals surface area (Å²) in [7, 11) is 1.68. The van der Waals surface area contributed by atoms with Gasteiger partial charge in [-0.25, -0.2) is 0 Å². The Morgan fingerprint density at radius 2 is 1.85 bits per heavy atom. The molecule has 2 aromatic carbocycles. The minimum atomic E-state index is -0.0607. The largest absolute Gasteiger partial charge is 0.496 e. The highest BCUT2D eigenvalue weighted by molar-refractivity contribution is 9.10. The molecule has 0 bridgehead atoms. The number of hydrogen-bond donors (Lipinski definition) is 1. The second-order valence-electron chi connectivity index (χ2n) is 4.83. The van der Waals surface area contributed by atoms with Crippen molar-refractivity contribution in [2.75, 3.05) is 7.11 Å². The van der Waals surface area contributed by atoms with Crippen LogP contribution in [0.25, 0.3) is 0 Å². The summed E-state index contributed by atoms with van der Waals surface area (Å²) in [5, 5.41) is 0. The highest BCUT2D eigenvalue weighted by Gasteiger charge is 2.12. The van der Waals surface area contributed by atoms with E-state index in [2.05, 4.69) is 63.0 Å². The van der Waals surface area contributed by atoms with Crippen LogP contribution in [0.5, 0.6) is 5.75 Å². The Morgan fingerprint density at radius 1 is 1.10 bits per heavy atom. The van der Waals surface area contributed by atoms with E-state index >= 15 is 0 Å². The van der Waals surface area contributed by atoms with Crippen LogP contribution in [0.2, 0.25) is 0 Å². The van der Waals surface area contributed by atoms with Crippen molar-refractivity contribution >= 4 is 31.9 Å². The maximum atomic E-state index is 6.35. The fourth-order valence-corrected chi connectivity index (χ4v) is 3.27. The smallest absolute Gasteiger partial charge is 0.122 e. The molecule has 106 valence electrons. The van der Waals surface area contributed by atoms with Gasteiger partial charge in [-0.2, -0.15) is 0 Å². The minimum Gasteiger partial charge on any atom is -0.496 e. The Balaban J connectivity index is 2.27. The molecule has 0 aliphatic rings. The zero-order valence-electron chi connectivity index (χ0n) is 11.5. The van der Waals surface area contributed by atoms with Crippen molar-refractivity contribution in [2.24, 2.45) is 5.73 Å². The quantitative estimate of drug-likeness (QED) is 0.804. The lowest BCUT2D eigenvalue weighted by atomic mass is 9.98. The molecule has 2 N–H and O–H groups in total. The summed E-state index contributed by atoms with van der Waals surface area (Å²) in [5.41, 5.74) is 9.77. The molecule has 0 heterocycles. The third-order valence-corrected chi connectivity index (χ3v) is 4.13. The fourth-order valence-electron chi connectivity index (χ4n) is 2.24. The van der Waals surface area contributed by atoms with E-state index in [4.69, 9.17) is 10.5 Å². The molecule has 0 aliphatic heterocycles. The number of benzene rings is 2. The van der Waals surface area contributed by atoms with Crippen LogP contribution < -0.4 is 10.5 Å². The van der Waals surface area contributed by atoms with Crippen LogP contribution in [0.15, 0.2) is 45.3 Å². The van der Waals surface area contributed by atoms with Crippen molar-refractivity contribution in [3.05, 3.63) is 62.0 Å². The molecule has 0 saturated carbocycles. The third kappa shape index (κ3) is 3.84. The first kappa shape index (κ1) is 15.5. The SMILES string of the molecule is COc1ccc(Br)cc1CC(N)c1cc(C)cc(Br)c1. The first-order valence-corrected chi connectivity index (χ1v) is 7.93. The molecular weight excluding hydrogens is 382 g/mol. The standard InChI is InChI=1S/C16H17Br2NO/c1-10-5-11(7-14(18)6-10)15(19)9-12-8-13(17)3-4-16(12)20-2/h3-8,15H,9,19H2,1-2H3. The number of methoxy groups -OCH3 is 1. The van der Waals surface area contributed by atoms with Gasteiger partial charge in [0.15, 0.2) is 0 Å². The Labute approximate surface area is 136 Å². The Kier molecular flexibility index (Phi) is 5.24. The van der Waals surface area contributed by atoms with Crippen molar-refractivity contribution in [1.82, 2.24) is 0 Å². The molecule has 2 nitrogen and oxygen atoms in total. The molecule has 2 rings (SSSR count). The van der Waals surface area contributed by atoms with E-state index in [1.165, 1.54) is 5.56 Å². The van der Waals surface area contributed by atoms with Crippen LogP contribution in [-0.4, -0.2) is 7.11 Å². The Hall–Kier alpha value is -0.840. The highest BCUT2D eigenvalue weighted by Crippen LogP contribution is 2.28. The summed E-state index contributed by atoms with van der Waals surface area (Å²) >= 11 is 7.01. The fraction of sp³-hybridized carbons (Fsp3) is 0.250. The van der Waals surface area contributed by atoms with Gasteiger partial charge in [-0.15, -0.1) is 0 Å². The van der Waals surface area contributed by atoms with Gasteiger partial charge in [-0.05, 0) is 60.4 Å². The zero-order valence-corrected chi connectivity index (χ0v) is 14.7. The summed E-state index contributed by atoms with van der Waals surface area (Å²) < 4.78 is 7.49. The topological polar surface area (TPSA) is 35.2 Å². The van der Waals surface area contributed by atoms with Crippen molar-refractivity contribution in [3.63, 3.8) is 0 Å². The number of halogens is 2. The van der Waals surface area contributed by atoms with E-state index in [9.17, 15) is 0 Å². The van der Waals surface area contributed by atoms with Gasteiger partial charge in [-0.1, -0.05) is 37.9 Å². The van der Waals surface area contributed by atoms with Crippen molar-refractivity contribution in [3.8, 4) is 5.75 Å². The van der Waals surface area contributed by atoms with Gasteiger partial charge >= 0.3 is 0 Å². The van der Waals surface area contributed by atoms with Crippen LogP contribution in [0.3, 0.4) is 0 Å². The number of rotatable bonds is 4. The summed E-state index contributed by atoms with van der Waals surface area (Å²) in [6.45, 7) is 2.07. The lowest BCUT2D eigenvalue weighted by Gasteiger charge is -2.16. The van der Waals surface area contributed by atoms with Gasteiger partial charge in [0.2, 0.25) is 0 Å². The summed E-state index contributed by atoms with van der Waals surface area (Å²) in [5.74, 6) is 0.871. The van der Waals surface area contributed by atoms with Gasteiger partial charge in [0.25, 0.3) is 0 Å². The predicted octanol–water partition coefficient (Wildman–Crippen LogP) is 4.77. The molecule has 0 fully saturated rings. The molecule has 0 amide bonds. The van der Waals surface area contributed by atoms with Crippen LogP contribution in [0, 0.1) is 6.92 Å². The van der Waals surface area contributed by atoms with Gasteiger partial charge in [-0.3, -0.25) is 0 Å². The van der Waals surface area contributed by atoms with Crippen LogP contribution in [0.4, 0.5) is 0 Å². The van der Waals surface area contributed by atoms with Crippen molar-refractivity contribution < 1.29 is 4.74 Å². The maximum Gasteiger partial charge on any atom is 0.122 e. The zero-order chi connectivity index (χ0) is 14.7. The predicted molar refractivity (Wildman–Crippen MR) is 90.2 cm³/mol. The van der Waals surface area contributed by atoms with E-state index < -0.39 is 0 Å². The monoisotopic (exact) mass is 397 g/mol. The lowest BCUT2D eigenvalue weighted by molar-refractivity contribution is 0.408. The molecule has 0 aliphatic carbocycles. The Bertz CT molecular complexity index is 593. The molecular formula is C16H17Br2NO. The van der Waals surface area contributed by atoms with Gasteiger partial charge in [0.05, 0.1) is 7.11 Å². The third-order valence-electron chi connectivity index (χ3n) is 3.17. The molecule has 0 radical (unpaired) electrons. The van der Waals surface area contributed by atoms with Crippen LogP contribution >= 0.6 is 31.9 Å². The van der Waals surface area contributed by atoms with Crippen molar-refractivity contribution in [1.29, 1.82) is 0 Å². The van der Waals surface area contributed by atoms with E-state index in [-0.39, 0.29) is 6.04 Å². The molecule has 1 atom stereocenters. The van der Waals surface area contributed by atoms with Crippen molar-refractivity contribution in [2.45, 2.75) is 19.4 Å². The molecule has 1 unspecified atom stereocenters. The summed E-state index contributed by atoms with van der Waals surface area (Å²) in [6, 6.07) is 12.2. The minimum absolute atomic E-state index is 0.0607. The molecule has 4 heteroatoms. The van der Waals surface area contributed by atoms with E-state index in [0.717, 1.165) is 32.2 Å². The summed E-state index contributed by atoms with van der Waals surface area (Å²) in [6.07, 6.45) is 0.735. The molecule has 0 saturated heterocycles. The van der Waals surface area contributed by atoms with E-state index in [1.807, 2.05) is 12.1 Å². The second-order valence-corrected chi connectivity index (χ2v) is 6.66. The normalized spacial score (nSPS) is 12.2. The van der Waals surface area contributed by atoms with E-state index in [0.29, 0.717) is 0 Å². The van der Waals surface area contributed by atoms with Crippen LogP contribution in [0.1, 0.15) is 22.7 Å². The highest BCUT2D eigenvalue weighted by atomic mass is 79.9. The first-order valence-electron chi connectivity index (χ1n) is 6.34. The molecule has 2 aromatic rings. The van der Waals surface area contributed by atoms with Gasteiger partial charge < -0.3 is 10.5 Å².